The summed E-state index contributed by atoms with van der Waals surface area (Å²) < 4.78 is 10.9. The Bertz CT molecular complexity index is 509. The minimum Gasteiger partial charge on any atom is -0.493 e. The van der Waals surface area contributed by atoms with E-state index in [1.54, 1.807) is 0 Å². The molecule has 114 valence electrons. The van der Waals surface area contributed by atoms with Crippen LogP contribution in [0, 0.1) is 5.92 Å². The highest BCUT2D eigenvalue weighted by Gasteiger charge is 2.19. The summed E-state index contributed by atoms with van der Waals surface area (Å²) in [6.45, 7) is 3.91. The van der Waals surface area contributed by atoms with Crippen LogP contribution < -0.4 is 4.74 Å². The van der Waals surface area contributed by atoms with E-state index in [-0.39, 0.29) is 5.78 Å². The van der Waals surface area contributed by atoms with Crippen LogP contribution in [-0.2, 0) is 11.2 Å². The fourth-order valence-corrected chi connectivity index (χ4v) is 3.13. The van der Waals surface area contributed by atoms with Crippen molar-refractivity contribution < 1.29 is 14.3 Å². The smallest absolute Gasteiger partial charge is 0.176 e. The lowest BCUT2D eigenvalue weighted by molar-refractivity contribution is 0.0549. The van der Waals surface area contributed by atoms with Gasteiger partial charge in [0.25, 0.3) is 0 Å². The van der Waals surface area contributed by atoms with Crippen molar-refractivity contribution in [2.45, 2.75) is 19.3 Å². The van der Waals surface area contributed by atoms with Gasteiger partial charge in [0.05, 0.1) is 13.2 Å². The molecule has 1 saturated heterocycles. The van der Waals surface area contributed by atoms with Crippen molar-refractivity contribution in [3.8, 4) is 5.75 Å². The maximum atomic E-state index is 12.4. The van der Waals surface area contributed by atoms with E-state index in [2.05, 4.69) is 4.90 Å². The molecule has 0 unspecified atom stereocenters. The average molecular weight is 289 g/mol. The highest BCUT2D eigenvalue weighted by molar-refractivity contribution is 5.98. The van der Waals surface area contributed by atoms with Gasteiger partial charge in [0, 0.05) is 31.7 Å². The molecule has 1 fully saturated rings. The molecule has 4 nitrogen and oxygen atoms in total. The third-order valence-corrected chi connectivity index (χ3v) is 4.34. The largest absolute Gasteiger partial charge is 0.493 e. The summed E-state index contributed by atoms with van der Waals surface area (Å²) in [7, 11) is 2.03. The van der Waals surface area contributed by atoms with Gasteiger partial charge in [-0.05, 0) is 49.6 Å². The number of Topliss-reactive ketones (excluding diaryl/α,β-unsaturated/α-hetero) is 1. The van der Waals surface area contributed by atoms with Gasteiger partial charge in [-0.2, -0.15) is 0 Å². The number of nitrogens with zero attached hydrogens (tertiary/aromatic N) is 1. The number of ketones is 1. The fraction of sp³-hybridized carbons (Fsp3) is 0.588. The molecule has 1 aromatic carbocycles. The predicted molar refractivity (Wildman–Crippen MR) is 81.0 cm³/mol. The van der Waals surface area contributed by atoms with Gasteiger partial charge in [-0.3, -0.25) is 9.69 Å². The molecule has 2 aliphatic rings. The van der Waals surface area contributed by atoms with Crippen molar-refractivity contribution in [1.29, 1.82) is 0 Å². The fourth-order valence-electron chi connectivity index (χ4n) is 3.13. The first kappa shape index (κ1) is 14.5. The van der Waals surface area contributed by atoms with Crippen molar-refractivity contribution >= 4 is 5.78 Å². The highest BCUT2D eigenvalue weighted by Crippen LogP contribution is 2.26. The van der Waals surface area contributed by atoms with Crippen molar-refractivity contribution in [3.63, 3.8) is 0 Å². The summed E-state index contributed by atoms with van der Waals surface area (Å²) in [6.07, 6.45) is 3.12. The number of carbonyl (C=O) groups excluding carboxylic acids is 1. The van der Waals surface area contributed by atoms with E-state index >= 15 is 0 Å². The molecule has 0 aromatic heterocycles. The third kappa shape index (κ3) is 3.63. The molecule has 0 amide bonds. The van der Waals surface area contributed by atoms with Gasteiger partial charge >= 0.3 is 0 Å². The van der Waals surface area contributed by atoms with Gasteiger partial charge in [0.1, 0.15) is 5.75 Å². The van der Waals surface area contributed by atoms with E-state index in [0.29, 0.717) is 12.5 Å². The topological polar surface area (TPSA) is 38.8 Å². The predicted octanol–water partition coefficient (Wildman–Crippen LogP) is 2.16. The minimum atomic E-state index is 0.194. The molecule has 21 heavy (non-hydrogen) atoms. The summed E-state index contributed by atoms with van der Waals surface area (Å²) in [4.78, 5) is 14.5. The van der Waals surface area contributed by atoms with Gasteiger partial charge in [0.15, 0.2) is 5.78 Å². The monoisotopic (exact) mass is 289 g/mol. The Morgan fingerprint density at radius 1 is 1.29 bits per heavy atom. The zero-order valence-corrected chi connectivity index (χ0v) is 12.6. The van der Waals surface area contributed by atoms with E-state index in [0.717, 1.165) is 62.5 Å². The molecule has 4 heteroatoms. The van der Waals surface area contributed by atoms with Crippen LogP contribution in [0.4, 0.5) is 0 Å². The van der Waals surface area contributed by atoms with E-state index in [9.17, 15) is 4.79 Å². The molecule has 0 atom stereocenters. The molecular weight excluding hydrogens is 266 g/mol. The number of carbonyl (C=O) groups is 1. The molecule has 3 rings (SSSR count). The second kappa shape index (κ2) is 6.58. The first-order valence-electron chi connectivity index (χ1n) is 7.77. The Balaban J connectivity index is 1.55. The van der Waals surface area contributed by atoms with Crippen molar-refractivity contribution in [3.05, 3.63) is 29.3 Å². The first-order chi connectivity index (χ1) is 10.2. The number of likely N-dealkylation sites (N-methyl/N-ethyl adjacent to an activating group) is 1. The third-order valence-electron chi connectivity index (χ3n) is 4.34. The van der Waals surface area contributed by atoms with Crippen LogP contribution in [0.3, 0.4) is 0 Å². The summed E-state index contributed by atoms with van der Waals surface area (Å²) in [5.74, 6) is 1.78. The lowest BCUT2D eigenvalue weighted by Crippen LogP contribution is -2.33. The van der Waals surface area contributed by atoms with Crippen molar-refractivity contribution in [2.75, 3.05) is 40.0 Å². The molecular formula is C17H23NO3. The Morgan fingerprint density at radius 2 is 2.10 bits per heavy atom. The number of hydrogen-bond donors (Lipinski definition) is 0. The molecule has 0 radical (unpaired) electrons. The molecule has 0 spiro atoms. The lowest BCUT2D eigenvalue weighted by Gasteiger charge is -2.26. The summed E-state index contributed by atoms with van der Waals surface area (Å²) in [5, 5.41) is 0. The molecule has 2 heterocycles. The molecule has 0 saturated carbocycles. The van der Waals surface area contributed by atoms with Gasteiger partial charge in [-0.1, -0.05) is 0 Å². The lowest BCUT2D eigenvalue weighted by atomic mass is 9.99. The minimum absolute atomic E-state index is 0.194. The van der Waals surface area contributed by atoms with Crippen LogP contribution in [-0.4, -0.2) is 50.6 Å². The van der Waals surface area contributed by atoms with Crippen LogP contribution in [0.15, 0.2) is 18.2 Å². The van der Waals surface area contributed by atoms with E-state index < -0.39 is 0 Å². The van der Waals surface area contributed by atoms with E-state index in [1.165, 1.54) is 0 Å². The van der Waals surface area contributed by atoms with Crippen molar-refractivity contribution in [1.82, 2.24) is 4.90 Å². The molecule has 0 bridgehead atoms. The number of ether oxygens (including phenoxy) is 2. The van der Waals surface area contributed by atoms with Crippen LogP contribution >= 0.6 is 0 Å². The Hall–Kier alpha value is -1.39. The number of benzene rings is 1. The SMILES string of the molecule is CN(CC(=O)c1ccc2c(c1)CCO2)CC1CCOCC1. The summed E-state index contributed by atoms with van der Waals surface area (Å²) in [5.41, 5.74) is 1.96. The standard InChI is InChI=1S/C17H23NO3/c1-18(11-13-4-7-20-8-5-13)12-16(19)14-2-3-17-15(10-14)6-9-21-17/h2-3,10,13H,4-9,11-12H2,1H3. The second-order valence-electron chi connectivity index (χ2n) is 6.10. The van der Waals surface area contributed by atoms with E-state index in [1.807, 2.05) is 25.2 Å². The Kier molecular flexibility index (Phi) is 4.56. The van der Waals surface area contributed by atoms with E-state index in [4.69, 9.17) is 9.47 Å². The van der Waals surface area contributed by atoms with Crippen LogP contribution in [0.2, 0.25) is 0 Å². The van der Waals surface area contributed by atoms with Gasteiger partial charge in [-0.25, -0.2) is 0 Å². The Labute approximate surface area is 126 Å². The second-order valence-corrected chi connectivity index (χ2v) is 6.10. The van der Waals surface area contributed by atoms with Crippen LogP contribution in [0.25, 0.3) is 0 Å². The first-order valence-corrected chi connectivity index (χ1v) is 7.77. The molecule has 1 aromatic rings. The van der Waals surface area contributed by atoms with Gasteiger partial charge in [-0.15, -0.1) is 0 Å². The zero-order chi connectivity index (χ0) is 14.7. The summed E-state index contributed by atoms with van der Waals surface area (Å²) in [6, 6.07) is 5.80. The van der Waals surface area contributed by atoms with Gasteiger partial charge < -0.3 is 9.47 Å². The zero-order valence-electron chi connectivity index (χ0n) is 12.6. The average Bonchev–Trinajstić information content (AvgIpc) is 2.95. The normalized spacial score (nSPS) is 18.6. The van der Waals surface area contributed by atoms with Crippen LogP contribution in [0.1, 0.15) is 28.8 Å². The quantitative estimate of drug-likeness (QED) is 0.779. The highest BCUT2D eigenvalue weighted by atomic mass is 16.5. The molecule has 0 N–H and O–H groups in total. The maximum absolute atomic E-state index is 12.4. The molecule has 2 aliphatic heterocycles. The van der Waals surface area contributed by atoms with Crippen molar-refractivity contribution in [2.24, 2.45) is 5.92 Å². The number of hydrogen-bond acceptors (Lipinski definition) is 4. The van der Waals surface area contributed by atoms with Gasteiger partial charge in [0.2, 0.25) is 0 Å². The summed E-state index contributed by atoms with van der Waals surface area (Å²) >= 11 is 0. The number of rotatable bonds is 5. The molecule has 0 aliphatic carbocycles. The Morgan fingerprint density at radius 3 is 2.90 bits per heavy atom. The van der Waals surface area contributed by atoms with Crippen LogP contribution in [0.5, 0.6) is 5.75 Å². The number of fused-ring (bicyclic) bond motifs is 1. The maximum Gasteiger partial charge on any atom is 0.176 e.